The van der Waals surface area contributed by atoms with E-state index in [0.717, 1.165) is 70.6 Å². The predicted molar refractivity (Wildman–Crippen MR) is 344 cm³/mol. The molecule has 0 radical (unpaired) electrons. The van der Waals surface area contributed by atoms with Crippen molar-refractivity contribution in [2.24, 2.45) is 0 Å². The fourth-order valence-corrected chi connectivity index (χ4v) is 10.4. The Bertz CT molecular complexity index is 1410. The van der Waals surface area contributed by atoms with Crippen molar-refractivity contribution in [2.75, 3.05) is 13.2 Å². The molecule has 0 aromatic rings. The molecular weight excluding hydrogens is 973 g/mol. The molecule has 6 heteroatoms. The van der Waals surface area contributed by atoms with Gasteiger partial charge in [0.1, 0.15) is 13.2 Å². The van der Waals surface area contributed by atoms with Crippen LogP contribution in [-0.4, -0.2) is 37.2 Å². The molecule has 79 heavy (non-hydrogen) atoms. The van der Waals surface area contributed by atoms with Crippen molar-refractivity contribution in [2.45, 2.75) is 374 Å². The SMILES string of the molecule is CC/C=C\C/C=C\C/C=C\C/C=C\C/C=C\CC(=O)OCC(COC(=O)CCCCCCCCCCCCCCCCCCCCCCCCCCCC)OC(=O)CCCCCCCCCCCCCCCCCCCCCC. The van der Waals surface area contributed by atoms with E-state index < -0.39 is 12.1 Å². The Morgan fingerprint density at radius 2 is 0.494 bits per heavy atom. The highest BCUT2D eigenvalue weighted by molar-refractivity contribution is 5.72. The quantitative estimate of drug-likeness (QED) is 0.0261. The van der Waals surface area contributed by atoms with Gasteiger partial charge in [-0.25, -0.2) is 0 Å². The highest BCUT2D eigenvalue weighted by Crippen LogP contribution is 2.19. The normalized spacial score (nSPS) is 12.4. The van der Waals surface area contributed by atoms with Crippen LogP contribution in [0, 0.1) is 0 Å². The number of rotatable bonds is 64. The Balaban J connectivity index is 4.30. The third-order valence-electron chi connectivity index (χ3n) is 15.6. The van der Waals surface area contributed by atoms with Gasteiger partial charge in [0.2, 0.25) is 0 Å². The fourth-order valence-electron chi connectivity index (χ4n) is 10.4. The number of allylic oxidation sites excluding steroid dienone is 9. The summed E-state index contributed by atoms with van der Waals surface area (Å²) in [6.45, 7) is 6.51. The summed E-state index contributed by atoms with van der Waals surface area (Å²) in [5.41, 5.74) is 0. The molecule has 0 aliphatic heterocycles. The molecule has 0 N–H and O–H groups in total. The van der Waals surface area contributed by atoms with Crippen LogP contribution in [0.15, 0.2) is 60.8 Å². The molecule has 0 fully saturated rings. The second-order valence-corrected chi connectivity index (χ2v) is 23.4. The van der Waals surface area contributed by atoms with Gasteiger partial charge < -0.3 is 14.2 Å². The van der Waals surface area contributed by atoms with Crippen molar-refractivity contribution < 1.29 is 28.6 Å². The summed E-state index contributed by atoms with van der Waals surface area (Å²) in [5.74, 6) is -1.01. The van der Waals surface area contributed by atoms with Gasteiger partial charge in [-0.15, -0.1) is 0 Å². The van der Waals surface area contributed by atoms with E-state index in [-0.39, 0.29) is 31.6 Å². The van der Waals surface area contributed by atoms with Crippen molar-refractivity contribution in [1.29, 1.82) is 0 Å². The first-order chi connectivity index (χ1) is 39.0. The van der Waals surface area contributed by atoms with E-state index in [2.05, 4.69) is 69.4 Å². The molecule has 1 unspecified atom stereocenters. The maximum atomic E-state index is 12.9. The molecule has 0 aromatic carbocycles. The van der Waals surface area contributed by atoms with Crippen LogP contribution in [0.3, 0.4) is 0 Å². The fraction of sp³-hybridized carbons (Fsp3) is 0.822. The molecule has 0 spiro atoms. The van der Waals surface area contributed by atoms with Crippen molar-refractivity contribution >= 4 is 17.9 Å². The lowest BCUT2D eigenvalue weighted by molar-refractivity contribution is -0.166. The lowest BCUT2D eigenvalue weighted by atomic mass is 10.0. The van der Waals surface area contributed by atoms with Crippen LogP contribution >= 0.6 is 0 Å². The standard InChI is InChI=1S/C73H132O6/c1-4-7-10-13-16-19-22-25-28-30-32-34-35-36-37-38-39-41-42-45-48-51-54-57-60-63-66-72(75)78-69-70(68-77-71(74)65-62-59-56-53-50-47-44-27-24-21-18-15-12-9-6-3)79-73(76)67-64-61-58-55-52-49-46-43-40-33-31-29-26-23-20-17-14-11-8-5-2/h9,12,18,21,27,44,50,53,59,62,70H,4-8,10-11,13-17,19-20,22-26,28-43,45-49,51-52,54-58,60-61,63-69H2,1-3H3/b12-9-,21-18-,44-27-,53-50-,62-59-. The zero-order chi connectivity index (χ0) is 57.1. The number of hydrogen-bond donors (Lipinski definition) is 0. The minimum absolute atomic E-state index is 0.0990. The molecule has 6 nitrogen and oxygen atoms in total. The number of unbranched alkanes of at least 4 members (excludes halogenated alkanes) is 44. The van der Waals surface area contributed by atoms with Gasteiger partial charge in [-0.3, -0.25) is 14.4 Å². The predicted octanol–water partition coefficient (Wildman–Crippen LogP) is 23.9. The Hall–Kier alpha value is -2.89. The van der Waals surface area contributed by atoms with E-state index in [4.69, 9.17) is 14.2 Å². The van der Waals surface area contributed by atoms with Gasteiger partial charge >= 0.3 is 17.9 Å². The van der Waals surface area contributed by atoms with Gasteiger partial charge in [0.15, 0.2) is 6.10 Å². The molecular formula is C73H132O6. The molecule has 1 atom stereocenters. The minimum Gasteiger partial charge on any atom is -0.462 e. The van der Waals surface area contributed by atoms with Crippen LogP contribution in [0.25, 0.3) is 0 Å². The molecule has 460 valence electrons. The second kappa shape index (κ2) is 67.6. The topological polar surface area (TPSA) is 78.9 Å². The summed E-state index contributed by atoms with van der Waals surface area (Å²) in [5, 5.41) is 0. The zero-order valence-corrected chi connectivity index (χ0v) is 52.9. The maximum absolute atomic E-state index is 12.9. The Morgan fingerprint density at radius 3 is 0.772 bits per heavy atom. The number of carbonyl (C=O) groups excluding carboxylic acids is 3. The first-order valence-corrected chi connectivity index (χ1v) is 34.8. The summed E-state index contributed by atoms with van der Waals surface area (Å²) >= 11 is 0. The third-order valence-corrected chi connectivity index (χ3v) is 15.6. The maximum Gasteiger partial charge on any atom is 0.309 e. The molecule has 0 saturated heterocycles. The van der Waals surface area contributed by atoms with E-state index in [1.165, 1.54) is 257 Å². The number of ether oxygens (including phenoxy) is 3. The molecule has 0 aliphatic carbocycles. The monoisotopic (exact) mass is 1110 g/mol. The molecule has 0 saturated carbocycles. The summed E-state index contributed by atoms with van der Waals surface area (Å²) in [4.78, 5) is 38.3. The van der Waals surface area contributed by atoms with Crippen LogP contribution in [-0.2, 0) is 28.6 Å². The van der Waals surface area contributed by atoms with Gasteiger partial charge in [-0.1, -0.05) is 364 Å². The van der Waals surface area contributed by atoms with Crippen molar-refractivity contribution in [3.8, 4) is 0 Å². The molecule has 0 aromatic heterocycles. The Labute approximate surface area is 491 Å². The van der Waals surface area contributed by atoms with Gasteiger partial charge in [-0.2, -0.15) is 0 Å². The van der Waals surface area contributed by atoms with Crippen LogP contribution in [0.4, 0.5) is 0 Å². The largest absolute Gasteiger partial charge is 0.462 e. The summed E-state index contributed by atoms with van der Waals surface area (Å²) in [6.07, 6.45) is 87.1. The van der Waals surface area contributed by atoms with E-state index in [1.807, 2.05) is 12.2 Å². The van der Waals surface area contributed by atoms with Gasteiger partial charge in [0, 0.05) is 12.8 Å². The number of esters is 3. The lowest BCUT2D eigenvalue weighted by Crippen LogP contribution is -2.30. The van der Waals surface area contributed by atoms with Crippen LogP contribution in [0.1, 0.15) is 367 Å². The Morgan fingerprint density at radius 1 is 0.266 bits per heavy atom. The highest BCUT2D eigenvalue weighted by atomic mass is 16.6. The van der Waals surface area contributed by atoms with E-state index in [9.17, 15) is 14.4 Å². The van der Waals surface area contributed by atoms with Crippen molar-refractivity contribution in [3.05, 3.63) is 60.8 Å². The van der Waals surface area contributed by atoms with Gasteiger partial charge in [0.25, 0.3) is 0 Å². The third kappa shape index (κ3) is 65.8. The van der Waals surface area contributed by atoms with Gasteiger partial charge in [0.05, 0.1) is 6.42 Å². The van der Waals surface area contributed by atoms with E-state index >= 15 is 0 Å². The smallest absolute Gasteiger partial charge is 0.309 e. The molecule has 0 rings (SSSR count). The molecule has 0 bridgehead atoms. The first-order valence-electron chi connectivity index (χ1n) is 34.8. The average molecular weight is 1110 g/mol. The Kier molecular flexibility index (Phi) is 65.1. The zero-order valence-electron chi connectivity index (χ0n) is 52.9. The van der Waals surface area contributed by atoms with Crippen molar-refractivity contribution in [1.82, 2.24) is 0 Å². The average Bonchev–Trinajstić information content (AvgIpc) is 3.45. The van der Waals surface area contributed by atoms with E-state index in [0.29, 0.717) is 12.8 Å². The number of carbonyl (C=O) groups is 3. The van der Waals surface area contributed by atoms with Gasteiger partial charge in [-0.05, 0) is 44.9 Å². The minimum atomic E-state index is -0.812. The molecule has 0 heterocycles. The summed E-state index contributed by atoms with van der Waals surface area (Å²) in [6, 6.07) is 0. The summed E-state index contributed by atoms with van der Waals surface area (Å²) in [7, 11) is 0. The first kappa shape index (κ1) is 76.1. The molecule has 0 amide bonds. The van der Waals surface area contributed by atoms with Crippen LogP contribution < -0.4 is 0 Å². The van der Waals surface area contributed by atoms with Crippen molar-refractivity contribution in [3.63, 3.8) is 0 Å². The summed E-state index contributed by atoms with van der Waals surface area (Å²) < 4.78 is 16.9. The van der Waals surface area contributed by atoms with Crippen LogP contribution in [0.2, 0.25) is 0 Å². The lowest BCUT2D eigenvalue weighted by Gasteiger charge is -2.18. The number of hydrogen-bond acceptors (Lipinski definition) is 6. The second-order valence-electron chi connectivity index (χ2n) is 23.4. The molecule has 0 aliphatic rings. The highest BCUT2D eigenvalue weighted by Gasteiger charge is 2.19. The van der Waals surface area contributed by atoms with Crippen LogP contribution in [0.5, 0.6) is 0 Å². The van der Waals surface area contributed by atoms with E-state index in [1.54, 1.807) is 0 Å².